The Morgan fingerprint density at radius 3 is 2.74 bits per heavy atom. The van der Waals surface area contributed by atoms with Crippen molar-refractivity contribution in [2.45, 2.75) is 25.4 Å². The van der Waals surface area contributed by atoms with Crippen LogP contribution in [0.25, 0.3) is 0 Å². The first-order chi connectivity index (χ1) is 9.04. The van der Waals surface area contributed by atoms with Crippen molar-refractivity contribution in [2.75, 3.05) is 20.1 Å². The molecule has 0 unspecified atom stereocenters. The minimum absolute atomic E-state index is 0.0490. The Hall–Kier alpha value is -1.89. The average Bonchev–Trinajstić information content (AvgIpc) is 2.80. The number of nitrogens with zero attached hydrogens (tertiary/aromatic N) is 3. The number of aromatic nitrogens is 2. The van der Waals surface area contributed by atoms with Crippen LogP contribution in [0.4, 0.5) is 0 Å². The van der Waals surface area contributed by atoms with Crippen LogP contribution in [0.3, 0.4) is 0 Å². The lowest BCUT2D eigenvalue weighted by Gasteiger charge is -2.29. The third kappa shape index (κ3) is 3.78. The Kier molecular flexibility index (Phi) is 4.16. The zero-order valence-electron chi connectivity index (χ0n) is 10.9. The Morgan fingerprint density at radius 2 is 2.16 bits per heavy atom. The third-order valence-corrected chi connectivity index (χ3v) is 3.25. The van der Waals surface area contributed by atoms with Crippen LogP contribution in [0, 0.1) is 0 Å². The normalized spacial score (nSPS) is 17.3. The van der Waals surface area contributed by atoms with Crippen molar-refractivity contribution < 1.29 is 14.7 Å². The number of piperidine rings is 1. The van der Waals surface area contributed by atoms with Crippen LogP contribution in [0.15, 0.2) is 12.3 Å². The van der Waals surface area contributed by atoms with Crippen molar-refractivity contribution in [1.82, 2.24) is 20.0 Å². The van der Waals surface area contributed by atoms with E-state index in [-0.39, 0.29) is 24.2 Å². The predicted molar refractivity (Wildman–Crippen MR) is 67.8 cm³/mol. The van der Waals surface area contributed by atoms with Crippen LogP contribution in [-0.2, 0) is 11.3 Å². The molecular formula is C12H18N4O3. The molecule has 7 nitrogen and oxygen atoms in total. The van der Waals surface area contributed by atoms with Gasteiger partial charge in [0.1, 0.15) is 6.54 Å². The molecule has 0 aliphatic carbocycles. The van der Waals surface area contributed by atoms with Crippen molar-refractivity contribution in [3.63, 3.8) is 0 Å². The van der Waals surface area contributed by atoms with Gasteiger partial charge in [-0.2, -0.15) is 5.10 Å². The van der Waals surface area contributed by atoms with Crippen molar-refractivity contribution in [3.8, 4) is 0 Å². The lowest BCUT2D eigenvalue weighted by Crippen LogP contribution is -2.44. The molecule has 1 aromatic rings. The number of likely N-dealkylation sites (tertiary alicyclic amines) is 1. The predicted octanol–water partition coefficient (Wildman–Crippen LogP) is -0.208. The topological polar surface area (TPSA) is 87.5 Å². The van der Waals surface area contributed by atoms with E-state index < -0.39 is 5.97 Å². The second-order valence-electron chi connectivity index (χ2n) is 4.85. The van der Waals surface area contributed by atoms with Gasteiger partial charge in [0.15, 0.2) is 5.69 Å². The molecule has 1 aliphatic rings. The number of amides is 1. The number of carbonyl (C=O) groups is 2. The molecule has 1 fully saturated rings. The summed E-state index contributed by atoms with van der Waals surface area (Å²) in [5.74, 6) is -1.22. The van der Waals surface area contributed by atoms with E-state index in [1.165, 1.54) is 16.9 Å². The summed E-state index contributed by atoms with van der Waals surface area (Å²) in [6, 6.07) is 1.59. The number of hydrogen-bond donors (Lipinski definition) is 2. The molecule has 0 radical (unpaired) electrons. The summed E-state index contributed by atoms with van der Waals surface area (Å²) in [6.45, 7) is 2.02. The van der Waals surface area contributed by atoms with Crippen LogP contribution >= 0.6 is 0 Å². The highest BCUT2D eigenvalue weighted by Crippen LogP contribution is 2.08. The van der Waals surface area contributed by atoms with Gasteiger partial charge < -0.3 is 15.3 Å². The van der Waals surface area contributed by atoms with Gasteiger partial charge in [0.25, 0.3) is 0 Å². The summed E-state index contributed by atoms with van der Waals surface area (Å²) >= 11 is 0. The van der Waals surface area contributed by atoms with Gasteiger partial charge in [-0.1, -0.05) is 0 Å². The second kappa shape index (κ2) is 5.83. The van der Waals surface area contributed by atoms with Crippen molar-refractivity contribution in [3.05, 3.63) is 18.0 Å². The maximum Gasteiger partial charge on any atom is 0.356 e. The number of carbonyl (C=O) groups excluding carboxylic acids is 1. The first kappa shape index (κ1) is 13.5. The lowest BCUT2D eigenvalue weighted by molar-refractivity contribution is -0.122. The van der Waals surface area contributed by atoms with Crippen molar-refractivity contribution in [1.29, 1.82) is 0 Å². The number of hydrogen-bond acceptors (Lipinski definition) is 4. The van der Waals surface area contributed by atoms with Crippen LogP contribution in [0.2, 0.25) is 0 Å². The Balaban J connectivity index is 1.82. The molecule has 0 saturated carbocycles. The number of aromatic carboxylic acids is 1. The smallest absolute Gasteiger partial charge is 0.356 e. The molecule has 1 saturated heterocycles. The van der Waals surface area contributed by atoms with Gasteiger partial charge in [0.2, 0.25) is 5.91 Å². The zero-order chi connectivity index (χ0) is 13.8. The molecule has 1 aliphatic heterocycles. The van der Waals surface area contributed by atoms with Gasteiger partial charge in [-0.05, 0) is 39.0 Å². The molecular weight excluding hydrogens is 248 g/mol. The average molecular weight is 266 g/mol. The van der Waals surface area contributed by atoms with E-state index in [0.717, 1.165) is 25.9 Å². The SMILES string of the molecule is CN1CCC(NC(=O)Cn2ccc(C(=O)O)n2)CC1. The lowest BCUT2D eigenvalue weighted by atomic mass is 10.1. The van der Waals surface area contributed by atoms with Crippen LogP contribution in [0.1, 0.15) is 23.3 Å². The fourth-order valence-corrected chi connectivity index (χ4v) is 2.14. The number of carboxylic acids is 1. The molecule has 7 heteroatoms. The minimum Gasteiger partial charge on any atom is -0.476 e. The highest BCUT2D eigenvalue weighted by molar-refractivity contribution is 5.85. The van der Waals surface area contributed by atoms with Gasteiger partial charge in [0, 0.05) is 12.2 Å². The Bertz CT molecular complexity index is 463. The van der Waals surface area contributed by atoms with Gasteiger partial charge in [-0.15, -0.1) is 0 Å². The van der Waals surface area contributed by atoms with Crippen LogP contribution in [-0.4, -0.2) is 57.8 Å². The van der Waals surface area contributed by atoms with Gasteiger partial charge in [-0.3, -0.25) is 9.48 Å². The van der Waals surface area contributed by atoms with Gasteiger partial charge in [0.05, 0.1) is 0 Å². The Morgan fingerprint density at radius 1 is 1.47 bits per heavy atom. The molecule has 0 spiro atoms. The Labute approximate surface area is 111 Å². The first-order valence-electron chi connectivity index (χ1n) is 6.29. The number of carboxylic acid groups (broad SMARTS) is 1. The summed E-state index contributed by atoms with van der Waals surface area (Å²) in [4.78, 5) is 24.7. The van der Waals surface area contributed by atoms with E-state index in [1.54, 1.807) is 0 Å². The number of nitrogens with one attached hydrogen (secondary N) is 1. The molecule has 0 aromatic carbocycles. The highest BCUT2D eigenvalue weighted by atomic mass is 16.4. The van der Waals surface area contributed by atoms with Crippen molar-refractivity contribution >= 4 is 11.9 Å². The quantitative estimate of drug-likeness (QED) is 0.787. The molecule has 1 aromatic heterocycles. The molecule has 0 bridgehead atoms. The fourth-order valence-electron chi connectivity index (χ4n) is 2.14. The van der Waals surface area contributed by atoms with Crippen molar-refractivity contribution in [2.24, 2.45) is 0 Å². The maximum atomic E-state index is 11.8. The first-order valence-corrected chi connectivity index (χ1v) is 6.29. The van der Waals surface area contributed by atoms with E-state index in [4.69, 9.17) is 5.11 Å². The van der Waals surface area contributed by atoms with Gasteiger partial charge in [-0.25, -0.2) is 4.79 Å². The summed E-state index contributed by atoms with van der Waals surface area (Å²) in [7, 11) is 2.06. The molecule has 19 heavy (non-hydrogen) atoms. The maximum absolute atomic E-state index is 11.8. The van der Waals surface area contributed by atoms with E-state index in [0.29, 0.717) is 0 Å². The van der Waals surface area contributed by atoms with Crippen LogP contribution in [0.5, 0.6) is 0 Å². The standard InChI is InChI=1S/C12H18N4O3/c1-15-5-2-9(3-6-15)13-11(17)8-16-7-4-10(14-16)12(18)19/h4,7,9H,2-3,5-6,8H2,1H3,(H,13,17)(H,18,19). The van der Waals surface area contributed by atoms with Gasteiger partial charge >= 0.3 is 5.97 Å². The largest absolute Gasteiger partial charge is 0.476 e. The van der Waals surface area contributed by atoms with E-state index >= 15 is 0 Å². The molecule has 104 valence electrons. The summed E-state index contributed by atoms with van der Waals surface area (Å²) in [5, 5.41) is 15.5. The summed E-state index contributed by atoms with van der Waals surface area (Å²) < 4.78 is 1.34. The highest BCUT2D eigenvalue weighted by Gasteiger charge is 2.18. The van der Waals surface area contributed by atoms with E-state index in [2.05, 4.69) is 22.4 Å². The zero-order valence-corrected chi connectivity index (χ0v) is 10.9. The fraction of sp³-hybridized carbons (Fsp3) is 0.583. The van der Waals surface area contributed by atoms with E-state index in [1.807, 2.05) is 0 Å². The minimum atomic E-state index is -1.09. The third-order valence-electron chi connectivity index (χ3n) is 3.25. The molecule has 1 amide bonds. The molecule has 0 atom stereocenters. The number of rotatable bonds is 4. The van der Waals surface area contributed by atoms with Crippen LogP contribution < -0.4 is 5.32 Å². The molecule has 2 N–H and O–H groups in total. The molecule has 2 rings (SSSR count). The summed E-state index contributed by atoms with van der Waals surface area (Å²) in [6.07, 6.45) is 3.39. The monoisotopic (exact) mass is 266 g/mol. The molecule has 2 heterocycles. The summed E-state index contributed by atoms with van der Waals surface area (Å²) in [5.41, 5.74) is -0.0490. The van der Waals surface area contributed by atoms with E-state index in [9.17, 15) is 9.59 Å². The second-order valence-corrected chi connectivity index (χ2v) is 4.85.